The minimum Gasteiger partial charge on any atom is -0.486 e. The zero-order chi connectivity index (χ0) is 23.5. The summed E-state index contributed by atoms with van der Waals surface area (Å²) in [7, 11) is 0. The lowest BCUT2D eigenvalue weighted by Gasteiger charge is -2.27. The van der Waals surface area contributed by atoms with Gasteiger partial charge in [-0.25, -0.2) is 9.37 Å². The topological polar surface area (TPSA) is 96.6 Å². The molecule has 0 unspecified atom stereocenters. The second kappa shape index (κ2) is 9.86. The number of anilines is 1. The molecule has 1 amide bonds. The van der Waals surface area contributed by atoms with Crippen LogP contribution < -0.4 is 20.3 Å². The Morgan fingerprint density at radius 2 is 1.94 bits per heavy atom. The number of aromatic amines is 1. The highest BCUT2D eigenvalue weighted by molar-refractivity contribution is 7.99. The van der Waals surface area contributed by atoms with Crippen molar-refractivity contribution in [2.75, 3.05) is 30.8 Å². The number of amides is 1. The molecule has 0 bridgehead atoms. The third-order valence-electron chi connectivity index (χ3n) is 5.61. The Hall–Kier alpha value is -3.37. The maximum absolute atomic E-state index is 13.1. The normalized spacial score (nSPS) is 15.0. The number of nitrogens with one attached hydrogen (secondary N) is 2. The third-order valence-corrected chi connectivity index (χ3v) is 6.48. The zero-order valence-corrected chi connectivity index (χ0v) is 19.1. The summed E-state index contributed by atoms with van der Waals surface area (Å²) in [5.41, 5.74) is 2.81. The predicted octanol–water partition coefficient (Wildman–Crippen LogP) is 2.97. The van der Waals surface area contributed by atoms with E-state index in [1.807, 2.05) is 0 Å². The molecule has 5 rings (SSSR count). The summed E-state index contributed by atoms with van der Waals surface area (Å²) in [6, 6.07) is 11.6. The molecule has 176 valence electrons. The Kier molecular flexibility index (Phi) is 6.50. The van der Waals surface area contributed by atoms with Gasteiger partial charge in [0.25, 0.3) is 5.56 Å². The lowest BCUT2D eigenvalue weighted by Crippen LogP contribution is -2.35. The van der Waals surface area contributed by atoms with Crippen LogP contribution in [0.4, 0.5) is 10.1 Å². The van der Waals surface area contributed by atoms with Gasteiger partial charge in [0.2, 0.25) is 5.91 Å². The Morgan fingerprint density at radius 1 is 1.15 bits per heavy atom. The van der Waals surface area contributed by atoms with Crippen molar-refractivity contribution in [1.29, 1.82) is 0 Å². The van der Waals surface area contributed by atoms with Gasteiger partial charge in [0.1, 0.15) is 19.0 Å². The number of fused-ring (bicyclic) bond motifs is 2. The summed E-state index contributed by atoms with van der Waals surface area (Å²) >= 11 is 1.18. The van der Waals surface area contributed by atoms with E-state index in [-0.39, 0.29) is 23.0 Å². The number of nitrogens with zero attached hydrogens (tertiary/aromatic N) is 2. The van der Waals surface area contributed by atoms with Crippen molar-refractivity contribution >= 4 is 23.4 Å². The van der Waals surface area contributed by atoms with Crippen molar-refractivity contribution in [3.05, 3.63) is 75.5 Å². The number of benzene rings is 2. The van der Waals surface area contributed by atoms with Crippen molar-refractivity contribution in [2.24, 2.45) is 0 Å². The molecule has 0 atom stereocenters. The molecule has 2 N–H and O–H groups in total. The maximum atomic E-state index is 13.1. The fourth-order valence-electron chi connectivity index (χ4n) is 3.96. The van der Waals surface area contributed by atoms with E-state index >= 15 is 0 Å². The largest absolute Gasteiger partial charge is 0.486 e. The molecule has 2 aromatic carbocycles. The number of carbonyl (C=O) groups is 1. The van der Waals surface area contributed by atoms with Gasteiger partial charge in [-0.2, -0.15) is 0 Å². The van der Waals surface area contributed by atoms with Crippen LogP contribution in [-0.4, -0.2) is 46.3 Å². The number of carbonyl (C=O) groups excluding carboxylic acids is 1. The number of hydrogen-bond acceptors (Lipinski definition) is 7. The van der Waals surface area contributed by atoms with Crippen LogP contribution >= 0.6 is 11.8 Å². The molecular formula is C24H23FN4O4S. The quantitative estimate of drug-likeness (QED) is 0.412. The SMILES string of the molecule is O=C(CSc1nc2c(c(=O)[nH]1)CN(Cc1ccc(F)cc1)CC2)Nc1ccc2c(c1)OCCO2. The van der Waals surface area contributed by atoms with Gasteiger partial charge in [-0.3, -0.25) is 14.5 Å². The van der Waals surface area contributed by atoms with Crippen LogP contribution in [0, 0.1) is 5.82 Å². The molecule has 0 aliphatic carbocycles. The first-order valence-electron chi connectivity index (χ1n) is 10.9. The standard InChI is InChI=1S/C24H23FN4O4S/c25-16-3-1-15(2-4-16)12-29-8-7-19-18(13-29)23(31)28-24(27-19)34-14-22(30)26-17-5-6-20-21(11-17)33-10-9-32-20/h1-6,11H,7-10,12-14H2,(H,26,30)(H,27,28,31). The van der Waals surface area contributed by atoms with Gasteiger partial charge in [0.15, 0.2) is 16.7 Å². The Balaban J connectivity index is 1.18. The molecule has 8 nitrogen and oxygen atoms in total. The van der Waals surface area contributed by atoms with Crippen molar-refractivity contribution in [3.8, 4) is 11.5 Å². The Morgan fingerprint density at radius 3 is 2.76 bits per heavy atom. The maximum Gasteiger partial charge on any atom is 0.256 e. The Bertz CT molecular complexity index is 1260. The van der Waals surface area contributed by atoms with E-state index in [2.05, 4.69) is 20.2 Å². The van der Waals surface area contributed by atoms with Crippen LogP contribution in [0.2, 0.25) is 0 Å². The summed E-state index contributed by atoms with van der Waals surface area (Å²) in [5.74, 6) is 0.884. The number of aromatic nitrogens is 2. The summed E-state index contributed by atoms with van der Waals surface area (Å²) in [5, 5.41) is 3.25. The summed E-state index contributed by atoms with van der Waals surface area (Å²) in [6.07, 6.45) is 0.636. The number of H-pyrrole nitrogens is 1. The van der Waals surface area contributed by atoms with E-state index in [4.69, 9.17) is 9.47 Å². The third kappa shape index (κ3) is 5.23. The minimum absolute atomic E-state index is 0.104. The number of ether oxygens (including phenoxy) is 2. The van der Waals surface area contributed by atoms with Crippen LogP contribution in [0.25, 0.3) is 0 Å². The minimum atomic E-state index is -0.265. The molecule has 3 heterocycles. The molecule has 0 saturated heterocycles. The smallest absolute Gasteiger partial charge is 0.256 e. The fraction of sp³-hybridized carbons (Fsp3) is 0.292. The first-order valence-corrected chi connectivity index (χ1v) is 11.9. The number of halogens is 1. The lowest BCUT2D eigenvalue weighted by atomic mass is 10.1. The van der Waals surface area contributed by atoms with Gasteiger partial charge < -0.3 is 19.8 Å². The van der Waals surface area contributed by atoms with Gasteiger partial charge in [-0.05, 0) is 29.8 Å². The molecule has 2 aliphatic rings. The van der Waals surface area contributed by atoms with Crippen molar-refractivity contribution < 1.29 is 18.7 Å². The van der Waals surface area contributed by atoms with Crippen LogP contribution in [0.1, 0.15) is 16.8 Å². The van der Waals surface area contributed by atoms with Crippen molar-refractivity contribution in [3.63, 3.8) is 0 Å². The molecule has 0 spiro atoms. The molecule has 0 saturated carbocycles. The van der Waals surface area contributed by atoms with Gasteiger partial charge in [-0.15, -0.1) is 0 Å². The summed E-state index contributed by atoms with van der Waals surface area (Å²) < 4.78 is 24.2. The molecule has 0 radical (unpaired) electrons. The highest BCUT2D eigenvalue weighted by Crippen LogP contribution is 2.32. The van der Waals surface area contributed by atoms with Gasteiger partial charge in [-0.1, -0.05) is 23.9 Å². The highest BCUT2D eigenvalue weighted by Gasteiger charge is 2.22. The summed E-state index contributed by atoms with van der Waals surface area (Å²) in [6.45, 7) is 2.84. The second-order valence-electron chi connectivity index (χ2n) is 8.08. The average Bonchev–Trinajstić information content (AvgIpc) is 2.84. The molecule has 2 aliphatic heterocycles. The van der Waals surface area contributed by atoms with E-state index in [1.165, 1.54) is 23.9 Å². The van der Waals surface area contributed by atoms with E-state index in [0.29, 0.717) is 60.6 Å². The number of rotatable bonds is 6. The van der Waals surface area contributed by atoms with E-state index in [9.17, 15) is 14.0 Å². The monoisotopic (exact) mass is 482 g/mol. The molecule has 34 heavy (non-hydrogen) atoms. The van der Waals surface area contributed by atoms with Crippen LogP contribution in [-0.2, 0) is 24.3 Å². The Labute approximate surface area is 199 Å². The first-order chi connectivity index (χ1) is 16.5. The van der Waals surface area contributed by atoms with Crippen molar-refractivity contribution in [1.82, 2.24) is 14.9 Å². The molecule has 1 aromatic heterocycles. The molecule has 10 heteroatoms. The van der Waals surface area contributed by atoms with Gasteiger partial charge in [0.05, 0.1) is 17.0 Å². The zero-order valence-electron chi connectivity index (χ0n) is 18.3. The van der Waals surface area contributed by atoms with Crippen molar-refractivity contribution in [2.45, 2.75) is 24.7 Å². The predicted molar refractivity (Wildman–Crippen MR) is 126 cm³/mol. The van der Waals surface area contributed by atoms with Gasteiger partial charge in [0, 0.05) is 37.8 Å². The van der Waals surface area contributed by atoms with E-state index in [0.717, 1.165) is 17.8 Å². The van der Waals surface area contributed by atoms with Crippen LogP contribution in [0.5, 0.6) is 11.5 Å². The molecule has 0 fully saturated rings. The van der Waals surface area contributed by atoms with Crippen LogP contribution in [0.15, 0.2) is 52.4 Å². The second-order valence-corrected chi connectivity index (χ2v) is 9.04. The highest BCUT2D eigenvalue weighted by atomic mass is 32.2. The van der Waals surface area contributed by atoms with Crippen LogP contribution in [0.3, 0.4) is 0 Å². The van der Waals surface area contributed by atoms with Gasteiger partial charge >= 0.3 is 0 Å². The number of hydrogen-bond donors (Lipinski definition) is 2. The molecular weight excluding hydrogens is 459 g/mol. The van der Waals surface area contributed by atoms with E-state index < -0.39 is 0 Å². The lowest BCUT2D eigenvalue weighted by molar-refractivity contribution is -0.113. The molecule has 3 aromatic rings. The fourth-order valence-corrected chi connectivity index (χ4v) is 4.64. The number of thioether (sulfide) groups is 1. The summed E-state index contributed by atoms with van der Waals surface area (Å²) in [4.78, 5) is 34.6. The first kappa shape index (κ1) is 22.4. The van der Waals surface area contributed by atoms with E-state index in [1.54, 1.807) is 30.3 Å². The average molecular weight is 483 g/mol.